The van der Waals surface area contributed by atoms with Gasteiger partial charge in [-0.2, -0.15) is 0 Å². The number of likely N-dealkylation sites (N-methyl/N-ethyl adjacent to an activating group) is 1. The van der Waals surface area contributed by atoms with E-state index in [9.17, 15) is 14.0 Å². The summed E-state index contributed by atoms with van der Waals surface area (Å²) in [7, 11) is 0. The minimum absolute atomic E-state index is 0.0424. The molecule has 132 valence electrons. The van der Waals surface area contributed by atoms with Crippen LogP contribution >= 0.6 is 11.6 Å². The fourth-order valence-electron chi connectivity index (χ4n) is 2.44. The Morgan fingerprint density at radius 3 is 2.44 bits per heavy atom. The van der Waals surface area contributed by atoms with Gasteiger partial charge in [-0.1, -0.05) is 11.6 Å². The van der Waals surface area contributed by atoms with Crippen molar-refractivity contribution in [1.82, 2.24) is 4.98 Å². The molecule has 0 bridgehead atoms. The summed E-state index contributed by atoms with van der Waals surface area (Å²) in [6.07, 6.45) is 0. The van der Waals surface area contributed by atoms with Crippen molar-refractivity contribution >= 4 is 29.2 Å². The average molecular weight is 365 g/mol. The lowest BCUT2D eigenvalue weighted by atomic mass is 10.1. The van der Waals surface area contributed by atoms with Gasteiger partial charge in [0.15, 0.2) is 6.61 Å². The molecule has 1 heterocycles. The van der Waals surface area contributed by atoms with Crippen molar-refractivity contribution in [2.45, 2.75) is 20.8 Å². The van der Waals surface area contributed by atoms with Crippen molar-refractivity contribution in [1.29, 1.82) is 0 Å². The summed E-state index contributed by atoms with van der Waals surface area (Å²) in [5.41, 5.74) is 1.98. The van der Waals surface area contributed by atoms with Gasteiger partial charge in [0, 0.05) is 17.9 Å². The van der Waals surface area contributed by atoms with Crippen molar-refractivity contribution in [2.24, 2.45) is 0 Å². The van der Waals surface area contributed by atoms with E-state index in [2.05, 4.69) is 4.98 Å². The number of carbonyl (C=O) groups excluding carboxylic acids is 2. The van der Waals surface area contributed by atoms with E-state index in [1.165, 1.54) is 29.2 Å². The Balaban J connectivity index is 2.08. The fourth-order valence-corrected chi connectivity index (χ4v) is 2.80. The molecule has 2 rings (SSSR count). The van der Waals surface area contributed by atoms with Gasteiger partial charge in [0.25, 0.3) is 5.91 Å². The standard InChI is InChI=1S/C18H18ClFN2O3/c1-4-22(14-7-5-13(20)6-8-14)15(23)10-25-18(24)16-11(2)9-12(3)21-17(16)19/h5-9H,4,10H2,1-3H3. The second kappa shape index (κ2) is 8.07. The molecule has 0 aliphatic rings. The van der Waals surface area contributed by atoms with Crippen LogP contribution in [0.4, 0.5) is 10.1 Å². The summed E-state index contributed by atoms with van der Waals surface area (Å²) >= 11 is 6.00. The minimum Gasteiger partial charge on any atom is -0.452 e. The first-order chi connectivity index (χ1) is 11.8. The van der Waals surface area contributed by atoms with E-state index in [1.807, 2.05) is 0 Å². The number of pyridine rings is 1. The summed E-state index contributed by atoms with van der Waals surface area (Å²) in [5.74, 6) is -1.52. The van der Waals surface area contributed by atoms with Crippen molar-refractivity contribution < 1.29 is 18.7 Å². The number of aryl methyl sites for hydroxylation is 2. The molecule has 0 saturated carbocycles. The molecule has 0 radical (unpaired) electrons. The molecule has 0 aliphatic carbocycles. The molecule has 2 aromatic rings. The zero-order valence-corrected chi connectivity index (χ0v) is 14.9. The highest BCUT2D eigenvalue weighted by molar-refractivity contribution is 6.32. The average Bonchev–Trinajstić information content (AvgIpc) is 2.54. The number of amides is 1. The summed E-state index contributed by atoms with van der Waals surface area (Å²) < 4.78 is 18.1. The molecule has 0 atom stereocenters. The van der Waals surface area contributed by atoms with Gasteiger partial charge in [0.05, 0.1) is 5.56 Å². The quantitative estimate of drug-likeness (QED) is 0.599. The van der Waals surface area contributed by atoms with Crippen molar-refractivity contribution in [3.8, 4) is 0 Å². The van der Waals surface area contributed by atoms with Gasteiger partial charge in [-0.05, 0) is 56.7 Å². The number of ether oxygens (including phenoxy) is 1. The Kier molecular flexibility index (Phi) is 6.09. The molecule has 1 aromatic carbocycles. The summed E-state index contributed by atoms with van der Waals surface area (Å²) in [4.78, 5) is 30.0. The van der Waals surface area contributed by atoms with E-state index >= 15 is 0 Å². The van der Waals surface area contributed by atoms with Crippen LogP contribution in [-0.4, -0.2) is 30.0 Å². The van der Waals surface area contributed by atoms with Crippen LogP contribution in [0, 0.1) is 19.7 Å². The summed E-state index contributed by atoms with van der Waals surface area (Å²) in [5, 5.41) is 0.0424. The molecule has 5 nitrogen and oxygen atoms in total. The van der Waals surface area contributed by atoms with Crippen LogP contribution in [0.15, 0.2) is 30.3 Å². The van der Waals surface area contributed by atoms with Crippen LogP contribution in [-0.2, 0) is 9.53 Å². The summed E-state index contributed by atoms with van der Waals surface area (Å²) in [6, 6.07) is 7.21. The molecule has 0 unspecified atom stereocenters. The van der Waals surface area contributed by atoms with Crippen LogP contribution in [0.25, 0.3) is 0 Å². The number of hydrogen-bond acceptors (Lipinski definition) is 4. The van der Waals surface area contributed by atoms with Gasteiger partial charge in [-0.25, -0.2) is 14.2 Å². The van der Waals surface area contributed by atoms with Crippen LogP contribution < -0.4 is 4.90 Å². The highest BCUT2D eigenvalue weighted by Crippen LogP contribution is 2.20. The molecule has 25 heavy (non-hydrogen) atoms. The molecule has 0 saturated heterocycles. The van der Waals surface area contributed by atoms with E-state index in [4.69, 9.17) is 16.3 Å². The van der Waals surface area contributed by atoms with Crippen LogP contribution in [0.1, 0.15) is 28.5 Å². The number of carbonyl (C=O) groups is 2. The van der Waals surface area contributed by atoms with Crippen molar-refractivity contribution in [2.75, 3.05) is 18.1 Å². The zero-order chi connectivity index (χ0) is 18.6. The number of anilines is 1. The van der Waals surface area contributed by atoms with Gasteiger partial charge in [0.1, 0.15) is 11.0 Å². The third-order valence-corrected chi connectivity index (χ3v) is 3.86. The zero-order valence-electron chi connectivity index (χ0n) is 14.2. The Labute approximate surface area is 150 Å². The predicted octanol–water partition coefficient (Wildman–Crippen LogP) is 3.70. The summed E-state index contributed by atoms with van der Waals surface area (Å²) in [6.45, 7) is 5.16. The van der Waals surface area contributed by atoms with Gasteiger partial charge < -0.3 is 9.64 Å². The van der Waals surface area contributed by atoms with E-state index in [0.717, 1.165) is 0 Å². The molecule has 0 aliphatic heterocycles. The van der Waals surface area contributed by atoms with E-state index in [1.54, 1.807) is 26.8 Å². The molecular formula is C18H18ClFN2O3. The Hall–Kier alpha value is -2.47. The predicted molar refractivity (Wildman–Crippen MR) is 93.4 cm³/mol. The normalized spacial score (nSPS) is 10.4. The maximum Gasteiger partial charge on any atom is 0.342 e. The van der Waals surface area contributed by atoms with E-state index in [0.29, 0.717) is 23.5 Å². The van der Waals surface area contributed by atoms with Gasteiger partial charge in [-0.15, -0.1) is 0 Å². The number of rotatable bonds is 5. The third kappa shape index (κ3) is 4.54. The Bertz CT molecular complexity index is 770. The fraction of sp³-hybridized carbons (Fsp3) is 0.278. The highest BCUT2D eigenvalue weighted by atomic mass is 35.5. The highest BCUT2D eigenvalue weighted by Gasteiger charge is 2.20. The lowest BCUT2D eigenvalue weighted by Gasteiger charge is -2.21. The van der Waals surface area contributed by atoms with Gasteiger partial charge >= 0.3 is 5.97 Å². The first kappa shape index (κ1) is 18.9. The molecule has 1 amide bonds. The van der Waals surface area contributed by atoms with Crippen LogP contribution in [0.5, 0.6) is 0 Å². The lowest BCUT2D eigenvalue weighted by molar-refractivity contribution is -0.121. The number of esters is 1. The van der Waals surface area contributed by atoms with Crippen molar-refractivity contribution in [3.63, 3.8) is 0 Å². The maximum absolute atomic E-state index is 13.0. The van der Waals surface area contributed by atoms with Gasteiger partial charge in [-0.3, -0.25) is 4.79 Å². The molecular weight excluding hydrogens is 347 g/mol. The molecule has 1 aromatic heterocycles. The monoisotopic (exact) mass is 364 g/mol. The minimum atomic E-state index is -0.710. The van der Waals surface area contributed by atoms with E-state index in [-0.39, 0.29) is 10.7 Å². The Morgan fingerprint density at radius 2 is 1.88 bits per heavy atom. The number of aromatic nitrogens is 1. The number of hydrogen-bond donors (Lipinski definition) is 0. The van der Waals surface area contributed by atoms with Crippen molar-refractivity contribution in [3.05, 3.63) is 58.1 Å². The largest absolute Gasteiger partial charge is 0.452 e. The first-order valence-electron chi connectivity index (χ1n) is 7.70. The lowest BCUT2D eigenvalue weighted by Crippen LogP contribution is -2.34. The molecule has 0 spiro atoms. The molecule has 0 fully saturated rings. The van der Waals surface area contributed by atoms with Crippen LogP contribution in [0.3, 0.4) is 0 Å². The third-order valence-electron chi connectivity index (χ3n) is 3.59. The Morgan fingerprint density at radius 1 is 1.24 bits per heavy atom. The smallest absolute Gasteiger partial charge is 0.342 e. The second-order valence-corrected chi connectivity index (χ2v) is 5.79. The second-order valence-electron chi connectivity index (χ2n) is 5.44. The number of nitrogens with zero attached hydrogens (tertiary/aromatic N) is 2. The van der Waals surface area contributed by atoms with Gasteiger partial charge in [0.2, 0.25) is 0 Å². The number of benzene rings is 1. The maximum atomic E-state index is 13.0. The van der Waals surface area contributed by atoms with Crippen LogP contribution in [0.2, 0.25) is 5.15 Å². The SMILES string of the molecule is CCN(C(=O)COC(=O)c1c(C)cc(C)nc1Cl)c1ccc(F)cc1. The number of halogens is 2. The van der Waals surface area contributed by atoms with E-state index < -0.39 is 24.3 Å². The first-order valence-corrected chi connectivity index (χ1v) is 8.08. The topological polar surface area (TPSA) is 59.5 Å². The molecule has 0 N–H and O–H groups in total. The molecule has 7 heteroatoms.